The molecular weight excluding hydrogens is 338 g/mol. The fourth-order valence-electron chi connectivity index (χ4n) is 2.92. The fraction of sp³-hybridized carbons (Fsp3) is 0.588. The Morgan fingerprint density at radius 1 is 1.24 bits per heavy atom. The molecule has 8 heteroatoms. The summed E-state index contributed by atoms with van der Waals surface area (Å²) in [5.41, 5.74) is 0.769. The van der Waals surface area contributed by atoms with Crippen molar-refractivity contribution < 1.29 is 22.4 Å². The first-order chi connectivity index (χ1) is 11.8. The van der Waals surface area contributed by atoms with Crippen molar-refractivity contribution in [1.29, 1.82) is 0 Å². The molecule has 1 aromatic carbocycles. The highest BCUT2D eigenvalue weighted by Crippen LogP contribution is 2.25. The van der Waals surface area contributed by atoms with Gasteiger partial charge in [-0.3, -0.25) is 9.69 Å². The highest BCUT2D eigenvalue weighted by molar-refractivity contribution is 5.76. The predicted molar refractivity (Wildman–Crippen MR) is 86.7 cm³/mol. The molecule has 1 aromatic rings. The molecule has 140 valence electrons. The number of halogens is 4. The van der Waals surface area contributed by atoms with Crippen molar-refractivity contribution in [1.82, 2.24) is 15.5 Å². The molecule has 0 aromatic heterocycles. The molecular formula is C17H23F4N3O. The van der Waals surface area contributed by atoms with Crippen LogP contribution in [-0.2, 0) is 4.79 Å². The minimum absolute atomic E-state index is 0.0533. The predicted octanol–water partition coefficient (Wildman–Crippen LogP) is 2.27. The summed E-state index contributed by atoms with van der Waals surface area (Å²) in [6.07, 6.45) is -4.34. The number of benzene rings is 1. The van der Waals surface area contributed by atoms with Crippen LogP contribution in [0.25, 0.3) is 0 Å². The van der Waals surface area contributed by atoms with Crippen LogP contribution in [0.3, 0.4) is 0 Å². The smallest absolute Gasteiger partial charge is 0.354 e. The van der Waals surface area contributed by atoms with Crippen LogP contribution in [0.2, 0.25) is 0 Å². The fourth-order valence-corrected chi connectivity index (χ4v) is 2.92. The first-order valence-corrected chi connectivity index (χ1v) is 8.31. The van der Waals surface area contributed by atoms with Crippen LogP contribution < -0.4 is 10.6 Å². The first kappa shape index (κ1) is 19.7. The summed E-state index contributed by atoms with van der Waals surface area (Å²) in [6.45, 7) is 2.92. The molecule has 1 heterocycles. The second-order valence-corrected chi connectivity index (χ2v) is 6.30. The van der Waals surface area contributed by atoms with E-state index in [4.69, 9.17) is 0 Å². The summed E-state index contributed by atoms with van der Waals surface area (Å²) < 4.78 is 52.7. The van der Waals surface area contributed by atoms with E-state index in [1.165, 1.54) is 17.0 Å². The third-order valence-electron chi connectivity index (χ3n) is 4.39. The van der Waals surface area contributed by atoms with E-state index in [0.717, 1.165) is 5.56 Å². The molecule has 1 aliphatic rings. The van der Waals surface area contributed by atoms with Gasteiger partial charge in [-0.25, -0.2) is 4.39 Å². The molecule has 1 amide bonds. The third kappa shape index (κ3) is 5.97. The Morgan fingerprint density at radius 3 is 2.40 bits per heavy atom. The number of hydrogen-bond acceptors (Lipinski definition) is 3. The maximum absolute atomic E-state index is 13.3. The van der Waals surface area contributed by atoms with E-state index >= 15 is 0 Å². The number of amides is 1. The number of rotatable bonds is 6. The summed E-state index contributed by atoms with van der Waals surface area (Å²) in [6, 6.07) is 4.07. The van der Waals surface area contributed by atoms with E-state index in [-0.39, 0.29) is 18.2 Å². The monoisotopic (exact) mass is 361 g/mol. The number of alkyl halides is 3. The number of nitrogens with zero attached hydrogens (tertiary/aromatic N) is 1. The van der Waals surface area contributed by atoms with Crippen LogP contribution >= 0.6 is 0 Å². The van der Waals surface area contributed by atoms with Crippen LogP contribution in [-0.4, -0.2) is 55.7 Å². The summed E-state index contributed by atoms with van der Waals surface area (Å²) >= 11 is 0. The Kier molecular flexibility index (Phi) is 6.78. The lowest BCUT2D eigenvalue weighted by Gasteiger charge is -2.36. The average molecular weight is 361 g/mol. The van der Waals surface area contributed by atoms with Gasteiger partial charge in [0.05, 0.1) is 0 Å². The molecule has 1 aliphatic heterocycles. The van der Waals surface area contributed by atoms with E-state index in [0.29, 0.717) is 26.2 Å². The van der Waals surface area contributed by atoms with Gasteiger partial charge in [0, 0.05) is 39.1 Å². The zero-order chi connectivity index (χ0) is 18.4. The first-order valence-electron chi connectivity index (χ1n) is 8.31. The zero-order valence-electron chi connectivity index (χ0n) is 14.1. The largest absolute Gasteiger partial charge is 0.405 e. The van der Waals surface area contributed by atoms with Crippen molar-refractivity contribution in [2.75, 3.05) is 32.7 Å². The molecule has 1 fully saturated rings. The molecule has 2 N–H and O–H groups in total. The molecule has 25 heavy (non-hydrogen) atoms. The highest BCUT2D eigenvalue weighted by atomic mass is 19.4. The standard InChI is InChI=1S/C17H23F4N3O/c1-12(13-2-4-14(18)5-3-13)10-16(25)23-11-15(17(19,20)21)24-8-6-22-7-9-24/h2-5,12,15,22H,6-11H2,1H3,(H,23,25). The second-order valence-electron chi connectivity index (χ2n) is 6.30. The number of nitrogens with one attached hydrogen (secondary N) is 2. The maximum Gasteiger partial charge on any atom is 0.405 e. The zero-order valence-corrected chi connectivity index (χ0v) is 14.1. The van der Waals surface area contributed by atoms with Gasteiger partial charge in [-0.2, -0.15) is 13.2 Å². The molecule has 0 aliphatic carbocycles. The van der Waals surface area contributed by atoms with Gasteiger partial charge in [-0.15, -0.1) is 0 Å². The number of carbonyl (C=O) groups is 1. The van der Waals surface area contributed by atoms with E-state index in [1.807, 2.05) is 0 Å². The van der Waals surface area contributed by atoms with Crippen molar-refractivity contribution in [2.45, 2.75) is 31.5 Å². The maximum atomic E-state index is 13.3. The van der Waals surface area contributed by atoms with Crippen molar-refractivity contribution in [3.8, 4) is 0 Å². The molecule has 0 saturated carbocycles. The van der Waals surface area contributed by atoms with E-state index in [1.54, 1.807) is 19.1 Å². The Bertz CT molecular complexity index is 556. The van der Waals surface area contributed by atoms with Crippen molar-refractivity contribution in [3.05, 3.63) is 35.6 Å². The van der Waals surface area contributed by atoms with Crippen LogP contribution in [0.4, 0.5) is 17.6 Å². The lowest BCUT2D eigenvalue weighted by molar-refractivity contribution is -0.184. The SMILES string of the molecule is CC(CC(=O)NCC(N1CCNCC1)C(F)(F)F)c1ccc(F)cc1. The molecule has 1 saturated heterocycles. The summed E-state index contributed by atoms with van der Waals surface area (Å²) in [5, 5.41) is 5.41. The Hall–Kier alpha value is -1.67. The van der Waals surface area contributed by atoms with Crippen molar-refractivity contribution >= 4 is 5.91 Å². The Balaban J connectivity index is 1.88. The van der Waals surface area contributed by atoms with E-state index < -0.39 is 24.7 Å². The van der Waals surface area contributed by atoms with Gasteiger partial charge in [-0.05, 0) is 23.6 Å². The molecule has 0 radical (unpaired) electrons. The minimum Gasteiger partial charge on any atom is -0.354 e. The molecule has 0 spiro atoms. The number of hydrogen-bond donors (Lipinski definition) is 2. The van der Waals surface area contributed by atoms with Gasteiger partial charge in [0.25, 0.3) is 0 Å². The van der Waals surface area contributed by atoms with E-state index in [9.17, 15) is 22.4 Å². The summed E-state index contributed by atoms with van der Waals surface area (Å²) in [5.74, 6) is -1.02. The minimum atomic E-state index is -4.40. The molecule has 2 unspecified atom stereocenters. The van der Waals surface area contributed by atoms with Crippen LogP contribution in [0.15, 0.2) is 24.3 Å². The van der Waals surface area contributed by atoms with Gasteiger partial charge >= 0.3 is 6.18 Å². The molecule has 0 bridgehead atoms. The van der Waals surface area contributed by atoms with Gasteiger partial charge in [-0.1, -0.05) is 19.1 Å². The second kappa shape index (κ2) is 8.62. The molecule has 2 rings (SSSR count). The molecule has 4 nitrogen and oxygen atoms in total. The lowest BCUT2D eigenvalue weighted by Crippen LogP contribution is -2.57. The van der Waals surface area contributed by atoms with Gasteiger partial charge < -0.3 is 10.6 Å². The summed E-state index contributed by atoms with van der Waals surface area (Å²) in [7, 11) is 0. The topological polar surface area (TPSA) is 44.4 Å². The molecule has 2 atom stereocenters. The summed E-state index contributed by atoms with van der Waals surface area (Å²) in [4.78, 5) is 13.4. The normalized spacial score (nSPS) is 18.6. The third-order valence-corrected chi connectivity index (χ3v) is 4.39. The van der Waals surface area contributed by atoms with Crippen molar-refractivity contribution in [3.63, 3.8) is 0 Å². The van der Waals surface area contributed by atoms with Crippen LogP contribution in [0, 0.1) is 5.82 Å². The Morgan fingerprint density at radius 2 is 1.84 bits per heavy atom. The van der Waals surface area contributed by atoms with Gasteiger partial charge in [0.1, 0.15) is 11.9 Å². The van der Waals surface area contributed by atoms with Gasteiger partial charge in [0.2, 0.25) is 5.91 Å². The van der Waals surface area contributed by atoms with Crippen molar-refractivity contribution in [2.24, 2.45) is 0 Å². The van der Waals surface area contributed by atoms with Crippen LogP contribution in [0.1, 0.15) is 24.8 Å². The quantitative estimate of drug-likeness (QED) is 0.764. The highest BCUT2D eigenvalue weighted by Gasteiger charge is 2.43. The number of carbonyl (C=O) groups excluding carboxylic acids is 1. The van der Waals surface area contributed by atoms with Gasteiger partial charge in [0.15, 0.2) is 0 Å². The van der Waals surface area contributed by atoms with E-state index in [2.05, 4.69) is 10.6 Å². The number of piperazine rings is 1. The average Bonchev–Trinajstić information content (AvgIpc) is 2.55. The Labute approximate surface area is 144 Å². The van der Waals surface area contributed by atoms with Crippen LogP contribution in [0.5, 0.6) is 0 Å². The lowest BCUT2D eigenvalue weighted by atomic mass is 9.97.